The van der Waals surface area contributed by atoms with Crippen LogP contribution in [0.3, 0.4) is 0 Å². The maximum atomic E-state index is 11.9. The van der Waals surface area contributed by atoms with Gasteiger partial charge in [0, 0.05) is 30.2 Å². The van der Waals surface area contributed by atoms with Crippen molar-refractivity contribution in [2.75, 3.05) is 6.54 Å². The highest BCUT2D eigenvalue weighted by atomic mass is 16.2. The number of aromatic nitrogens is 1. The first kappa shape index (κ1) is 12.6. The highest BCUT2D eigenvalue weighted by molar-refractivity contribution is 5.85. The van der Waals surface area contributed by atoms with Gasteiger partial charge in [-0.25, -0.2) is 0 Å². The largest absolute Gasteiger partial charge is 0.361 e. The van der Waals surface area contributed by atoms with Crippen molar-refractivity contribution in [2.45, 2.75) is 20.4 Å². The molecular formula is C14H19N3O. The molecule has 4 nitrogen and oxygen atoms in total. The lowest BCUT2D eigenvalue weighted by atomic mass is 9.92. The van der Waals surface area contributed by atoms with Crippen LogP contribution in [0.15, 0.2) is 30.5 Å². The highest BCUT2D eigenvalue weighted by Gasteiger charge is 2.25. The molecule has 0 spiro atoms. The van der Waals surface area contributed by atoms with E-state index in [1.165, 1.54) is 0 Å². The van der Waals surface area contributed by atoms with Crippen molar-refractivity contribution >= 4 is 16.8 Å². The lowest BCUT2D eigenvalue weighted by Crippen LogP contribution is -2.41. The predicted octanol–water partition coefficient (Wildman–Crippen LogP) is 1.77. The summed E-state index contributed by atoms with van der Waals surface area (Å²) in [6.07, 6.45) is 1.93. The number of H-pyrrole nitrogens is 1. The third-order valence-electron chi connectivity index (χ3n) is 3.24. The SMILES string of the molecule is CC(C)(CN)C(=O)NCc1c[nH]c2ccccc12. The lowest BCUT2D eigenvalue weighted by Gasteiger charge is -2.21. The van der Waals surface area contributed by atoms with Gasteiger partial charge in [-0.05, 0) is 25.5 Å². The molecule has 1 aromatic carbocycles. The van der Waals surface area contributed by atoms with Gasteiger partial charge in [-0.3, -0.25) is 4.79 Å². The zero-order valence-electron chi connectivity index (χ0n) is 10.8. The van der Waals surface area contributed by atoms with E-state index in [4.69, 9.17) is 5.73 Å². The minimum atomic E-state index is -0.522. The summed E-state index contributed by atoms with van der Waals surface area (Å²) in [5.74, 6) is -0.0183. The smallest absolute Gasteiger partial charge is 0.227 e. The van der Waals surface area contributed by atoms with Crippen molar-refractivity contribution in [1.82, 2.24) is 10.3 Å². The normalized spacial score (nSPS) is 11.7. The molecular weight excluding hydrogens is 226 g/mol. The topological polar surface area (TPSA) is 70.9 Å². The van der Waals surface area contributed by atoms with E-state index < -0.39 is 5.41 Å². The maximum Gasteiger partial charge on any atom is 0.227 e. The van der Waals surface area contributed by atoms with Gasteiger partial charge in [-0.15, -0.1) is 0 Å². The summed E-state index contributed by atoms with van der Waals surface area (Å²) in [5.41, 5.74) is 7.23. The van der Waals surface area contributed by atoms with Gasteiger partial charge in [0.2, 0.25) is 5.91 Å². The average molecular weight is 245 g/mol. The molecule has 1 aromatic heterocycles. The molecule has 1 amide bonds. The first-order valence-electron chi connectivity index (χ1n) is 6.08. The van der Waals surface area contributed by atoms with Crippen molar-refractivity contribution in [3.63, 3.8) is 0 Å². The quantitative estimate of drug-likeness (QED) is 0.768. The fourth-order valence-electron chi connectivity index (χ4n) is 1.79. The van der Waals surface area contributed by atoms with E-state index in [0.717, 1.165) is 16.5 Å². The van der Waals surface area contributed by atoms with Crippen molar-refractivity contribution in [3.8, 4) is 0 Å². The molecule has 1 heterocycles. The van der Waals surface area contributed by atoms with E-state index in [2.05, 4.69) is 10.3 Å². The van der Waals surface area contributed by atoms with Gasteiger partial charge in [0.1, 0.15) is 0 Å². The molecule has 4 N–H and O–H groups in total. The number of carbonyl (C=O) groups excluding carboxylic acids is 1. The second-order valence-corrected chi connectivity index (χ2v) is 5.13. The summed E-state index contributed by atoms with van der Waals surface area (Å²) in [6.45, 7) is 4.55. The lowest BCUT2D eigenvalue weighted by molar-refractivity contribution is -0.129. The Labute approximate surface area is 107 Å². The van der Waals surface area contributed by atoms with Crippen LogP contribution in [0.1, 0.15) is 19.4 Å². The van der Waals surface area contributed by atoms with Crippen LogP contribution >= 0.6 is 0 Å². The highest BCUT2D eigenvalue weighted by Crippen LogP contribution is 2.18. The van der Waals surface area contributed by atoms with Crippen molar-refractivity contribution in [3.05, 3.63) is 36.0 Å². The summed E-state index contributed by atoms with van der Waals surface area (Å²) < 4.78 is 0. The Balaban J connectivity index is 2.09. The monoisotopic (exact) mass is 245 g/mol. The summed E-state index contributed by atoms with van der Waals surface area (Å²) >= 11 is 0. The minimum Gasteiger partial charge on any atom is -0.361 e. The average Bonchev–Trinajstić information content (AvgIpc) is 2.79. The molecule has 0 saturated heterocycles. The molecule has 0 fully saturated rings. The summed E-state index contributed by atoms with van der Waals surface area (Å²) in [6, 6.07) is 8.04. The number of benzene rings is 1. The van der Waals surface area contributed by atoms with Gasteiger partial charge < -0.3 is 16.0 Å². The van der Waals surface area contributed by atoms with E-state index >= 15 is 0 Å². The molecule has 0 aliphatic heterocycles. The molecule has 4 heteroatoms. The van der Waals surface area contributed by atoms with E-state index in [1.54, 1.807) is 0 Å². The number of amides is 1. The zero-order valence-corrected chi connectivity index (χ0v) is 10.8. The minimum absolute atomic E-state index is 0.0183. The number of para-hydroxylation sites is 1. The second-order valence-electron chi connectivity index (χ2n) is 5.13. The molecule has 2 rings (SSSR count). The number of hydrogen-bond acceptors (Lipinski definition) is 2. The van der Waals surface area contributed by atoms with Crippen LogP contribution in [-0.4, -0.2) is 17.4 Å². The van der Waals surface area contributed by atoms with Crippen LogP contribution in [0.5, 0.6) is 0 Å². The number of carbonyl (C=O) groups is 1. The third kappa shape index (κ3) is 2.38. The Kier molecular flexibility index (Phi) is 3.39. The zero-order chi connectivity index (χ0) is 13.2. The molecule has 0 radical (unpaired) electrons. The predicted molar refractivity (Wildman–Crippen MR) is 73.0 cm³/mol. The molecule has 0 aliphatic rings. The number of rotatable bonds is 4. The van der Waals surface area contributed by atoms with E-state index in [0.29, 0.717) is 13.1 Å². The van der Waals surface area contributed by atoms with Crippen molar-refractivity contribution in [1.29, 1.82) is 0 Å². The molecule has 2 aromatic rings. The van der Waals surface area contributed by atoms with Crippen LogP contribution in [0.25, 0.3) is 10.9 Å². The van der Waals surface area contributed by atoms with Gasteiger partial charge in [-0.2, -0.15) is 0 Å². The van der Waals surface area contributed by atoms with Crippen LogP contribution in [-0.2, 0) is 11.3 Å². The Morgan fingerprint density at radius 2 is 2.11 bits per heavy atom. The Morgan fingerprint density at radius 1 is 1.39 bits per heavy atom. The molecule has 0 unspecified atom stereocenters. The maximum absolute atomic E-state index is 11.9. The van der Waals surface area contributed by atoms with Gasteiger partial charge in [-0.1, -0.05) is 18.2 Å². The van der Waals surface area contributed by atoms with Gasteiger partial charge in [0.25, 0.3) is 0 Å². The van der Waals surface area contributed by atoms with Crippen molar-refractivity contribution < 1.29 is 4.79 Å². The molecule has 0 atom stereocenters. The van der Waals surface area contributed by atoms with E-state index in [1.807, 2.05) is 44.3 Å². The third-order valence-corrected chi connectivity index (χ3v) is 3.24. The number of nitrogens with one attached hydrogen (secondary N) is 2. The number of hydrogen-bond donors (Lipinski definition) is 3. The van der Waals surface area contributed by atoms with Crippen molar-refractivity contribution in [2.24, 2.45) is 11.1 Å². The number of nitrogens with two attached hydrogens (primary N) is 1. The molecule has 0 saturated carbocycles. The molecule has 96 valence electrons. The first-order chi connectivity index (χ1) is 8.54. The molecule has 0 aliphatic carbocycles. The molecule has 18 heavy (non-hydrogen) atoms. The fourth-order valence-corrected chi connectivity index (χ4v) is 1.79. The summed E-state index contributed by atoms with van der Waals surface area (Å²) in [4.78, 5) is 15.1. The standard InChI is InChI=1S/C14H19N3O/c1-14(2,9-15)13(18)17-8-10-7-16-12-6-4-3-5-11(10)12/h3-7,16H,8-9,15H2,1-2H3,(H,17,18). The first-order valence-corrected chi connectivity index (χ1v) is 6.08. The van der Waals surface area contributed by atoms with Crippen LogP contribution in [0.4, 0.5) is 0 Å². The fraction of sp³-hybridized carbons (Fsp3) is 0.357. The summed E-state index contributed by atoms with van der Waals surface area (Å²) in [5, 5.41) is 4.07. The molecule has 0 bridgehead atoms. The van der Waals surface area contributed by atoms with Crippen LogP contribution < -0.4 is 11.1 Å². The Morgan fingerprint density at radius 3 is 2.83 bits per heavy atom. The number of fused-ring (bicyclic) bond motifs is 1. The van der Waals surface area contributed by atoms with Gasteiger partial charge in [0.15, 0.2) is 0 Å². The Bertz CT molecular complexity index is 557. The summed E-state index contributed by atoms with van der Waals surface area (Å²) in [7, 11) is 0. The Hall–Kier alpha value is -1.81. The van der Waals surface area contributed by atoms with Crippen LogP contribution in [0.2, 0.25) is 0 Å². The van der Waals surface area contributed by atoms with Gasteiger partial charge >= 0.3 is 0 Å². The van der Waals surface area contributed by atoms with E-state index in [9.17, 15) is 4.79 Å². The van der Waals surface area contributed by atoms with Gasteiger partial charge in [0.05, 0.1) is 5.41 Å². The van der Waals surface area contributed by atoms with E-state index in [-0.39, 0.29) is 5.91 Å². The van der Waals surface area contributed by atoms with Crippen LogP contribution in [0, 0.1) is 5.41 Å². The number of aromatic amines is 1. The second kappa shape index (κ2) is 4.82.